The molecule has 13 N–H and O–H groups in total. The highest BCUT2D eigenvalue weighted by Crippen LogP contribution is 2.15. The first-order valence-corrected chi connectivity index (χ1v) is 11.5. The van der Waals surface area contributed by atoms with E-state index in [1.165, 1.54) is 31.2 Å². The Morgan fingerprint density at radius 2 is 1.46 bits per heavy atom. The van der Waals surface area contributed by atoms with Crippen molar-refractivity contribution in [1.29, 1.82) is 10.8 Å². The second kappa shape index (κ2) is 15.5. The average Bonchev–Trinajstić information content (AvgIpc) is 2.83. The molecule has 204 valence electrons. The zero-order valence-corrected chi connectivity index (χ0v) is 20.5. The molecule has 1 rings (SSSR count). The highest BCUT2D eigenvalue weighted by atomic mass is 16.6. The lowest BCUT2D eigenvalue weighted by atomic mass is 10.1. The van der Waals surface area contributed by atoms with Crippen LogP contribution >= 0.6 is 0 Å². The largest absolute Gasteiger partial charge is 0.370 e. The maximum Gasteiger partial charge on any atom is 0.269 e. The van der Waals surface area contributed by atoms with Gasteiger partial charge in [0.15, 0.2) is 11.9 Å². The Labute approximate surface area is 213 Å². The van der Waals surface area contributed by atoms with Gasteiger partial charge in [-0.05, 0) is 44.7 Å². The van der Waals surface area contributed by atoms with Crippen molar-refractivity contribution in [3.8, 4) is 0 Å². The first-order chi connectivity index (χ1) is 17.4. The van der Waals surface area contributed by atoms with Gasteiger partial charge in [-0.3, -0.25) is 35.3 Å². The fraction of sp³-hybridized carbons (Fsp3) is 0.476. The first kappa shape index (κ1) is 30.6. The second-order valence-corrected chi connectivity index (χ2v) is 8.16. The van der Waals surface area contributed by atoms with E-state index in [2.05, 4.69) is 26.6 Å². The Hall–Kier alpha value is -4.47. The van der Waals surface area contributed by atoms with Crippen LogP contribution in [0.15, 0.2) is 24.3 Å². The molecule has 16 nitrogen and oxygen atoms in total. The van der Waals surface area contributed by atoms with E-state index in [4.69, 9.17) is 28.0 Å². The highest BCUT2D eigenvalue weighted by Gasteiger charge is 2.26. The van der Waals surface area contributed by atoms with Gasteiger partial charge in [-0.15, -0.1) is 0 Å². The van der Waals surface area contributed by atoms with Gasteiger partial charge in [0.05, 0.1) is 11.0 Å². The lowest BCUT2D eigenvalue weighted by Crippen LogP contribution is -2.54. The van der Waals surface area contributed by atoms with Crippen LogP contribution in [-0.4, -0.2) is 65.8 Å². The molecule has 0 saturated heterocycles. The summed E-state index contributed by atoms with van der Waals surface area (Å²) in [6.07, 6.45) is 1.29. The van der Waals surface area contributed by atoms with Crippen molar-refractivity contribution >= 4 is 41.0 Å². The predicted molar refractivity (Wildman–Crippen MR) is 138 cm³/mol. The van der Waals surface area contributed by atoms with Gasteiger partial charge in [0.2, 0.25) is 17.7 Å². The molecule has 0 unspecified atom stereocenters. The number of nitro benzene ring substituents is 1. The number of amides is 3. The third-order valence-corrected chi connectivity index (χ3v) is 5.06. The number of nitro groups is 1. The summed E-state index contributed by atoms with van der Waals surface area (Å²) < 4.78 is 0. The van der Waals surface area contributed by atoms with Crippen molar-refractivity contribution in [2.75, 3.05) is 18.4 Å². The minimum absolute atomic E-state index is 0.134. The van der Waals surface area contributed by atoms with Crippen LogP contribution in [-0.2, 0) is 14.4 Å². The van der Waals surface area contributed by atoms with Crippen LogP contribution in [0.2, 0.25) is 0 Å². The number of rotatable bonds is 15. The Bertz CT molecular complexity index is 970. The predicted octanol–water partition coefficient (Wildman–Crippen LogP) is -1.62. The molecule has 0 fully saturated rings. The van der Waals surface area contributed by atoms with E-state index in [0.29, 0.717) is 25.1 Å². The Morgan fingerprint density at radius 3 is 1.97 bits per heavy atom. The molecule has 0 aliphatic carbocycles. The van der Waals surface area contributed by atoms with Gasteiger partial charge in [-0.25, -0.2) is 0 Å². The van der Waals surface area contributed by atoms with E-state index < -0.39 is 40.8 Å². The molecule has 0 aliphatic rings. The molecule has 0 aliphatic heterocycles. The summed E-state index contributed by atoms with van der Waals surface area (Å²) in [7, 11) is 0. The summed E-state index contributed by atoms with van der Waals surface area (Å²) >= 11 is 0. The van der Waals surface area contributed by atoms with Crippen LogP contribution < -0.4 is 43.8 Å². The smallest absolute Gasteiger partial charge is 0.269 e. The molecule has 0 radical (unpaired) electrons. The lowest BCUT2D eigenvalue weighted by molar-refractivity contribution is -0.384. The molecule has 0 saturated carbocycles. The molecular weight excluding hydrogens is 486 g/mol. The third-order valence-electron chi connectivity index (χ3n) is 5.06. The van der Waals surface area contributed by atoms with Crippen LogP contribution in [0.4, 0.5) is 11.4 Å². The fourth-order valence-electron chi connectivity index (χ4n) is 3.05. The summed E-state index contributed by atoms with van der Waals surface area (Å²) in [6.45, 7) is 2.09. The van der Waals surface area contributed by atoms with Crippen LogP contribution in [0, 0.1) is 20.9 Å². The number of guanidine groups is 2. The van der Waals surface area contributed by atoms with E-state index in [1.807, 2.05) is 0 Å². The molecule has 1 aromatic rings. The number of hydrogen-bond donors (Lipinski definition) is 10. The number of nitrogens with two attached hydrogens (primary N) is 3. The number of carbonyl (C=O) groups excluding carboxylic acids is 3. The minimum Gasteiger partial charge on any atom is -0.370 e. The molecular formula is C21H35N11O5. The van der Waals surface area contributed by atoms with E-state index in [0.717, 1.165) is 0 Å². The van der Waals surface area contributed by atoms with Crippen LogP contribution in [0.25, 0.3) is 0 Å². The van der Waals surface area contributed by atoms with Gasteiger partial charge in [-0.2, -0.15) is 0 Å². The van der Waals surface area contributed by atoms with E-state index in [1.54, 1.807) is 0 Å². The minimum atomic E-state index is -1.02. The SMILES string of the molecule is C[C@H](NC(=O)[C@H](CCCNC(=N)N)NC(=O)[C@@H](N)CCCNC(=N)N)C(=O)Nc1ccc([N+](=O)[O-])cc1. The molecule has 1 aromatic carbocycles. The van der Waals surface area contributed by atoms with Crippen LogP contribution in [0.5, 0.6) is 0 Å². The lowest BCUT2D eigenvalue weighted by Gasteiger charge is -2.23. The van der Waals surface area contributed by atoms with Crippen molar-refractivity contribution in [2.24, 2.45) is 17.2 Å². The molecule has 37 heavy (non-hydrogen) atoms. The fourth-order valence-corrected chi connectivity index (χ4v) is 3.05. The van der Waals surface area contributed by atoms with E-state index >= 15 is 0 Å². The molecule has 0 heterocycles. The number of benzene rings is 1. The van der Waals surface area contributed by atoms with Crippen LogP contribution in [0.3, 0.4) is 0 Å². The molecule has 0 bridgehead atoms. The Kier molecular flexibility index (Phi) is 12.8. The summed E-state index contributed by atoms with van der Waals surface area (Å²) in [5, 5.41) is 38.0. The number of carbonyl (C=O) groups is 3. The van der Waals surface area contributed by atoms with E-state index in [9.17, 15) is 24.5 Å². The molecule has 0 aromatic heterocycles. The van der Waals surface area contributed by atoms with Crippen molar-refractivity contribution in [2.45, 2.75) is 50.7 Å². The zero-order valence-electron chi connectivity index (χ0n) is 20.5. The maximum atomic E-state index is 12.9. The van der Waals surface area contributed by atoms with Gasteiger partial charge in [0.1, 0.15) is 12.1 Å². The Balaban J connectivity index is 2.73. The monoisotopic (exact) mass is 521 g/mol. The van der Waals surface area contributed by atoms with Crippen molar-refractivity contribution in [3.63, 3.8) is 0 Å². The Morgan fingerprint density at radius 1 is 0.919 bits per heavy atom. The summed E-state index contributed by atoms with van der Waals surface area (Å²) in [5.41, 5.74) is 16.6. The number of non-ortho nitro benzene ring substituents is 1. The van der Waals surface area contributed by atoms with Crippen molar-refractivity contribution in [3.05, 3.63) is 34.4 Å². The van der Waals surface area contributed by atoms with Crippen LogP contribution in [0.1, 0.15) is 32.6 Å². The van der Waals surface area contributed by atoms with Gasteiger partial charge < -0.3 is 43.8 Å². The van der Waals surface area contributed by atoms with Crippen molar-refractivity contribution < 1.29 is 19.3 Å². The molecule has 0 spiro atoms. The molecule has 3 atom stereocenters. The first-order valence-electron chi connectivity index (χ1n) is 11.5. The average molecular weight is 522 g/mol. The highest BCUT2D eigenvalue weighted by molar-refractivity contribution is 5.98. The molecule has 16 heteroatoms. The van der Waals surface area contributed by atoms with Crippen molar-refractivity contribution in [1.82, 2.24) is 21.3 Å². The normalized spacial score (nSPS) is 12.8. The standard InChI is InChI=1S/C21H35N11O5/c1-12(17(33)30-13-6-8-14(9-7-13)32(36)37)29-19(35)16(5-3-11-28-21(25)26)31-18(34)15(22)4-2-10-27-20(23)24/h6-9,12,15-16H,2-5,10-11,22H2,1H3,(H,29,35)(H,30,33)(H,31,34)(H4,23,24,27)(H4,25,26,28)/t12-,15-,16-/m0/s1. The number of nitrogens with one attached hydrogen (secondary N) is 7. The number of nitrogens with zero attached hydrogens (tertiary/aromatic N) is 1. The summed E-state index contributed by atoms with van der Waals surface area (Å²) in [4.78, 5) is 48.2. The topological polar surface area (TPSA) is 280 Å². The van der Waals surface area contributed by atoms with Gasteiger partial charge in [0, 0.05) is 30.9 Å². The second-order valence-electron chi connectivity index (χ2n) is 8.16. The number of anilines is 1. The zero-order chi connectivity index (χ0) is 28.0. The quantitative estimate of drug-likeness (QED) is 0.0413. The van der Waals surface area contributed by atoms with Gasteiger partial charge in [-0.1, -0.05) is 0 Å². The molecule has 3 amide bonds. The summed E-state index contributed by atoms with van der Waals surface area (Å²) in [5.74, 6) is -2.18. The third kappa shape index (κ3) is 12.2. The number of hydrogen-bond acceptors (Lipinski definition) is 8. The van der Waals surface area contributed by atoms with Gasteiger partial charge >= 0.3 is 0 Å². The maximum absolute atomic E-state index is 12.9. The van der Waals surface area contributed by atoms with E-state index in [-0.39, 0.29) is 37.0 Å². The van der Waals surface area contributed by atoms with Gasteiger partial charge in [0.25, 0.3) is 5.69 Å². The summed E-state index contributed by atoms with van der Waals surface area (Å²) in [6, 6.07) is 2.27.